The first kappa shape index (κ1) is 13.8. The first-order valence-electron chi connectivity index (χ1n) is 5.66. The Kier molecular flexibility index (Phi) is 5.58. The van der Waals surface area contributed by atoms with E-state index in [1.165, 1.54) is 0 Å². The number of hydrogen-bond donors (Lipinski definition) is 2. The minimum atomic E-state index is -0.711. The summed E-state index contributed by atoms with van der Waals surface area (Å²) in [5.41, 5.74) is -0.711. The lowest BCUT2D eigenvalue weighted by Crippen LogP contribution is -2.54. The van der Waals surface area contributed by atoms with Crippen LogP contribution in [0, 0.1) is 5.92 Å². The van der Waals surface area contributed by atoms with Gasteiger partial charge in [-0.1, -0.05) is 0 Å². The molecule has 0 heterocycles. The summed E-state index contributed by atoms with van der Waals surface area (Å²) in [7, 11) is 3.44. The Bertz CT molecular complexity index is 233. The molecule has 5 heteroatoms. The van der Waals surface area contributed by atoms with Gasteiger partial charge in [0, 0.05) is 19.5 Å². The zero-order chi connectivity index (χ0) is 12.0. The van der Waals surface area contributed by atoms with Gasteiger partial charge in [-0.25, -0.2) is 0 Å². The Morgan fingerprint density at radius 3 is 2.75 bits per heavy atom. The number of methoxy groups -OCH3 is 1. The Labute approximate surface area is 101 Å². The molecule has 16 heavy (non-hydrogen) atoms. The van der Waals surface area contributed by atoms with Crippen molar-refractivity contribution in [2.24, 2.45) is 5.92 Å². The number of thioether (sulfide) groups is 1. The standard InChI is InChI=1S/C11H21NO3S/c1-12-11(10(13)14,9-4-5-9)8-16-7-3-6-15-2/h9,12H,3-8H2,1-2H3,(H,13,14). The number of carbonyl (C=O) groups is 1. The molecule has 0 bridgehead atoms. The summed E-state index contributed by atoms with van der Waals surface area (Å²) in [6, 6.07) is 0. The van der Waals surface area contributed by atoms with Crippen molar-refractivity contribution in [1.29, 1.82) is 0 Å². The molecule has 1 atom stereocenters. The van der Waals surface area contributed by atoms with Crippen LogP contribution in [-0.4, -0.2) is 48.9 Å². The van der Waals surface area contributed by atoms with Crippen molar-refractivity contribution in [1.82, 2.24) is 5.32 Å². The van der Waals surface area contributed by atoms with E-state index in [0.29, 0.717) is 11.7 Å². The van der Waals surface area contributed by atoms with Gasteiger partial charge in [-0.3, -0.25) is 4.79 Å². The van der Waals surface area contributed by atoms with Crippen LogP contribution in [0.4, 0.5) is 0 Å². The molecule has 0 aromatic carbocycles. The average Bonchev–Trinajstić information content (AvgIpc) is 3.07. The molecule has 4 nitrogen and oxygen atoms in total. The predicted molar refractivity (Wildman–Crippen MR) is 66.0 cm³/mol. The fourth-order valence-corrected chi connectivity index (χ4v) is 3.14. The van der Waals surface area contributed by atoms with Gasteiger partial charge < -0.3 is 15.2 Å². The SMILES string of the molecule is CNC(CSCCCOC)(C(=O)O)C1CC1. The number of carboxylic acid groups (broad SMARTS) is 1. The molecular weight excluding hydrogens is 226 g/mol. The molecule has 2 N–H and O–H groups in total. The maximum Gasteiger partial charge on any atom is 0.325 e. The summed E-state index contributed by atoms with van der Waals surface area (Å²) in [5, 5.41) is 12.4. The smallest absolute Gasteiger partial charge is 0.325 e. The Morgan fingerprint density at radius 1 is 1.62 bits per heavy atom. The minimum absolute atomic E-state index is 0.310. The van der Waals surface area contributed by atoms with Crippen molar-refractivity contribution in [2.75, 3.05) is 32.3 Å². The van der Waals surface area contributed by atoms with E-state index in [0.717, 1.165) is 31.6 Å². The quantitative estimate of drug-likeness (QED) is 0.600. The van der Waals surface area contributed by atoms with Crippen molar-refractivity contribution in [3.05, 3.63) is 0 Å². The molecule has 0 aliphatic heterocycles. The molecule has 1 unspecified atom stereocenters. The number of likely N-dealkylation sites (N-methyl/N-ethyl adjacent to an activating group) is 1. The van der Waals surface area contributed by atoms with E-state index in [-0.39, 0.29) is 0 Å². The van der Waals surface area contributed by atoms with Gasteiger partial charge in [0.1, 0.15) is 5.54 Å². The van der Waals surface area contributed by atoms with Crippen molar-refractivity contribution >= 4 is 17.7 Å². The first-order chi connectivity index (χ1) is 7.67. The van der Waals surface area contributed by atoms with Crippen molar-refractivity contribution < 1.29 is 14.6 Å². The highest BCUT2D eigenvalue weighted by molar-refractivity contribution is 7.99. The second kappa shape index (κ2) is 6.47. The van der Waals surface area contributed by atoms with Crippen molar-refractivity contribution in [3.8, 4) is 0 Å². The van der Waals surface area contributed by atoms with Crippen molar-refractivity contribution in [3.63, 3.8) is 0 Å². The third-order valence-electron chi connectivity index (χ3n) is 3.07. The van der Waals surface area contributed by atoms with Crippen molar-refractivity contribution in [2.45, 2.75) is 24.8 Å². The summed E-state index contributed by atoms with van der Waals surface area (Å²) in [4.78, 5) is 11.4. The molecule has 94 valence electrons. The van der Waals surface area contributed by atoms with Crippen LogP contribution in [0.1, 0.15) is 19.3 Å². The summed E-state index contributed by atoms with van der Waals surface area (Å²) in [6.45, 7) is 0.746. The lowest BCUT2D eigenvalue weighted by Gasteiger charge is -2.28. The molecule has 0 radical (unpaired) electrons. The molecule has 0 amide bonds. The van der Waals surface area contributed by atoms with Crippen LogP contribution in [0.5, 0.6) is 0 Å². The molecule has 0 aromatic rings. The fraction of sp³-hybridized carbons (Fsp3) is 0.909. The monoisotopic (exact) mass is 247 g/mol. The Hall–Kier alpha value is -0.260. The molecule has 0 spiro atoms. The number of rotatable bonds is 9. The molecule has 0 aromatic heterocycles. The van der Waals surface area contributed by atoms with Gasteiger partial charge in [-0.2, -0.15) is 11.8 Å². The van der Waals surface area contributed by atoms with Gasteiger partial charge >= 0.3 is 5.97 Å². The number of carboxylic acids is 1. The Morgan fingerprint density at radius 2 is 2.31 bits per heavy atom. The second-order valence-corrected chi connectivity index (χ2v) is 5.30. The maximum absolute atomic E-state index is 11.4. The van der Waals surface area contributed by atoms with Crippen LogP contribution >= 0.6 is 11.8 Å². The zero-order valence-electron chi connectivity index (χ0n) is 9.99. The second-order valence-electron chi connectivity index (χ2n) is 4.20. The maximum atomic E-state index is 11.4. The van der Waals surface area contributed by atoms with Crippen LogP contribution in [0.25, 0.3) is 0 Å². The molecule has 1 fully saturated rings. The van der Waals surface area contributed by atoms with Crippen LogP contribution in [-0.2, 0) is 9.53 Å². The lowest BCUT2D eigenvalue weighted by atomic mass is 9.96. The van der Waals surface area contributed by atoms with Crippen LogP contribution in [0.2, 0.25) is 0 Å². The number of nitrogens with one attached hydrogen (secondary N) is 1. The van der Waals surface area contributed by atoms with Gasteiger partial charge in [0.15, 0.2) is 0 Å². The molecule has 0 saturated heterocycles. The summed E-state index contributed by atoms with van der Waals surface area (Å²) in [5.74, 6) is 1.20. The number of hydrogen-bond acceptors (Lipinski definition) is 4. The summed E-state index contributed by atoms with van der Waals surface area (Å²) < 4.78 is 4.96. The molecule has 1 aliphatic rings. The van der Waals surface area contributed by atoms with Crippen LogP contribution in [0.3, 0.4) is 0 Å². The molecular formula is C11H21NO3S. The molecule has 1 aliphatic carbocycles. The summed E-state index contributed by atoms with van der Waals surface area (Å²) >= 11 is 1.70. The van der Waals surface area contributed by atoms with E-state index in [1.54, 1.807) is 25.9 Å². The average molecular weight is 247 g/mol. The number of ether oxygens (including phenoxy) is 1. The van der Waals surface area contributed by atoms with Gasteiger partial charge in [-0.15, -0.1) is 0 Å². The highest BCUT2D eigenvalue weighted by atomic mass is 32.2. The van der Waals surface area contributed by atoms with Crippen LogP contribution < -0.4 is 5.32 Å². The highest BCUT2D eigenvalue weighted by Gasteiger charge is 2.49. The predicted octanol–water partition coefficient (Wildman–Crippen LogP) is 1.21. The van der Waals surface area contributed by atoms with E-state index in [1.807, 2.05) is 0 Å². The number of aliphatic carboxylic acids is 1. The van der Waals surface area contributed by atoms with E-state index in [9.17, 15) is 9.90 Å². The van der Waals surface area contributed by atoms with E-state index >= 15 is 0 Å². The Balaban J connectivity index is 2.35. The zero-order valence-corrected chi connectivity index (χ0v) is 10.8. The topological polar surface area (TPSA) is 58.6 Å². The summed E-state index contributed by atoms with van der Waals surface area (Å²) in [6.07, 6.45) is 3.04. The minimum Gasteiger partial charge on any atom is -0.480 e. The van der Waals surface area contributed by atoms with Gasteiger partial charge in [0.25, 0.3) is 0 Å². The molecule has 1 saturated carbocycles. The van der Waals surface area contributed by atoms with Crippen LogP contribution in [0.15, 0.2) is 0 Å². The van der Waals surface area contributed by atoms with Gasteiger partial charge in [0.05, 0.1) is 0 Å². The third kappa shape index (κ3) is 3.37. The highest BCUT2D eigenvalue weighted by Crippen LogP contribution is 2.41. The van der Waals surface area contributed by atoms with E-state index in [4.69, 9.17) is 4.74 Å². The van der Waals surface area contributed by atoms with Gasteiger partial charge in [0.2, 0.25) is 0 Å². The fourth-order valence-electron chi connectivity index (χ4n) is 1.85. The lowest BCUT2D eigenvalue weighted by molar-refractivity contribution is -0.144. The van der Waals surface area contributed by atoms with E-state index in [2.05, 4.69) is 5.32 Å². The van der Waals surface area contributed by atoms with E-state index < -0.39 is 11.5 Å². The van der Waals surface area contributed by atoms with Gasteiger partial charge in [-0.05, 0) is 38.0 Å². The first-order valence-corrected chi connectivity index (χ1v) is 6.82. The third-order valence-corrected chi connectivity index (χ3v) is 4.31. The largest absolute Gasteiger partial charge is 0.480 e. The normalized spacial score (nSPS) is 19.4. The molecule has 1 rings (SSSR count).